The molecular weight excluding hydrogens is 409 g/mol. The number of nitrogens with zero attached hydrogens (tertiary/aromatic N) is 3. The van der Waals surface area contributed by atoms with Gasteiger partial charge in [0.2, 0.25) is 10.0 Å². The molecule has 0 radical (unpaired) electrons. The van der Waals surface area contributed by atoms with Crippen LogP contribution >= 0.6 is 0 Å². The summed E-state index contributed by atoms with van der Waals surface area (Å²) in [6.07, 6.45) is 0.613. The zero-order valence-electron chi connectivity index (χ0n) is 16.7. The molecule has 0 N–H and O–H groups in total. The number of halogens is 1. The standard InChI is InChI=1S/C21H22FN3O4S/c1-14-3-4-15(2)19(11-14)30(26,27)25-10-9-16(12-25)21-23-20(29-24-21)13-28-18-7-5-17(22)6-8-18/h3-8,11,16H,9-10,12-13H2,1-2H3. The minimum atomic E-state index is -3.58. The van der Waals surface area contributed by atoms with Crippen molar-refractivity contribution in [3.63, 3.8) is 0 Å². The topological polar surface area (TPSA) is 85.5 Å². The largest absolute Gasteiger partial charge is 0.484 e. The molecule has 7 nitrogen and oxygen atoms in total. The third-order valence-electron chi connectivity index (χ3n) is 5.14. The van der Waals surface area contributed by atoms with Gasteiger partial charge in [0, 0.05) is 19.0 Å². The Morgan fingerprint density at radius 1 is 1.20 bits per heavy atom. The number of sulfonamides is 1. The van der Waals surface area contributed by atoms with Crippen LogP contribution in [0.25, 0.3) is 0 Å². The normalized spacial score (nSPS) is 17.4. The van der Waals surface area contributed by atoms with Crippen molar-refractivity contribution in [1.29, 1.82) is 0 Å². The molecule has 0 saturated carbocycles. The first-order valence-electron chi connectivity index (χ1n) is 9.61. The van der Waals surface area contributed by atoms with Gasteiger partial charge in [-0.25, -0.2) is 12.8 Å². The highest BCUT2D eigenvalue weighted by atomic mass is 32.2. The summed E-state index contributed by atoms with van der Waals surface area (Å²) in [7, 11) is -3.58. The first-order valence-corrected chi connectivity index (χ1v) is 11.0. The number of aromatic nitrogens is 2. The first kappa shape index (κ1) is 20.5. The van der Waals surface area contributed by atoms with Crippen molar-refractivity contribution in [3.05, 3.63) is 71.1 Å². The van der Waals surface area contributed by atoms with Gasteiger partial charge in [0.15, 0.2) is 12.4 Å². The quantitative estimate of drug-likeness (QED) is 0.593. The van der Waals surface area contributed by atoms with E-state index >= 15 is 0 Å². The van der Waals surface area contributed by atoms with Gasteiger partial charge in [-0.3, -0.25) is 0 Å². The molecule has 1 aromatic heterocycles. The van der Waals surface area contributed by atoms with E-state index in [4.69, 9.17) is 9.26 Å². The monoisotopic (exact) mass is 431 g/mol. The fraction of sp³-hybridized carbons (Fsp3) is 0.333. The second-order valence-corrected chi connectivity index (χ2v) is 9.31. The Balaban J connectivity index is 1.42. The van der Waals surface area contributed by atoms with E-state index < -0.39 is 10.0 Å². The van der Waals surface area contributed by atoms with E-state index in [0.29, 0.717) is 36.0 Å². The Morgan fingerprint density at radius 3 is 2.73 bits per heavy atom. The molecule has 4 rings (SSSR count). The van der Waals surface area contributed by atoms with Gasteiger partial charge in [0.1, 0.15) is 11.6 Å². The summed E-state index contributed by atoms with van der Waals surface area (Å²) in [5.41, 5.74) is 1.63. The average Bonchev–Trinajstić information content (AvgIpc) is 3.39. The number of rotatable bonds is 6. The number of ether oxygens (including phenoxy) is 1. The minimum absolute atomic E-state index is 0.0514. The third kappa shape index (κ3) is 4.22. The summed E-state index contributed by atoms with van der Waals surface area (Å²) in [5, 5.41) is 4.00. The van der Waals surface area contributed by atoms with E-state index in [9.17, 15) is 12.8 Å². The lowest BCUT2D eigenvalue weighted by molar-refractivity contribution is 0.242. The molecule has 3 aromatic rings. The van der Waals surface area contributed by atoms with Gasteiger partial charge in [-0.15, -0.1) is 0 Å². The van der Waals surface area contributed by atoms with Crippen LogP contribution in [-0.2, 0) is 16.6 Å². The summed E-state index contributed by atoms with van der Waals surface area (Å²) in [6.45, 7) is 4.42. The Bertz CT molecular complexity index is 1150. The highest BCUT2D eigenvalue weighted by Gasteiger charge is 2.36. The minimum Gasteiger partial charge on any atom is -0.484 e. The van der Waals surface area contributed by atoms with Gasteiger partial charge in [-0.1, -0.05) is 17.3 Å². The maximum absolute atomic E-state index is 13.1. The molecule has 30 heavy (non-hydrogen) atoms. The summed E-state index contributed by atoms with van der Waals surface area (Å²) in [5.74, 6) is 0.747. The fourth-order valence-electron chi connectivity index (χ4n) is 3.45. The second-order valence-electron chi connectivity index (χ2n) is 7.41. The Kier molecular flexibility index (Phi) is 5.57. The van der Waals surface area contributed by atoms with Gasteiger partial charge in [0.05, 0.1) is 4.90 Å². The zero-order chi connectivity index (χ0) is 21.3. The summed E-state index contributed by atoms with van der Waals surface area (Å²) < 4.78 is 51.3. The summed E-state index contributed by atoms with van der Waals surface area (Å²) in [4.78, 5) is 4.69. The third-order valence-corrected chi connectivity index (χ3v) is 7.14. The van der Waals surface area contributed by atoms with Crippen molar-refractivity contribution in [3.8, 4) is 5.75 Å². The van der Waals surface area contributed by atoms with Crippen molar-refractivity contribution in [2.75, 3.05) is 13.1 Å². The van der Waals surface area contributed by atoms with Gasteiger partial charge < -0.3 is 9.26 Å². The molecule has 1 fully saturated rings. The van der Waals surface area contributed by atoms with E-state index in [1.807, 2.05) is 19.1 Å². The van der Waals surface area contributed by atoms with Crippen molar-refractivity contribution in [1.82, 2.24) is 14.4 Å². The zero-order valence-corrected chi connectivity index (χ0v) is 17.5. The SMILES string of the molecule is Cc1ccc(C)c(S(=O)(=O)N2CCC(c3noc(COc4ccc(F)cc4)n3)C2)c1. The van der Waals surface area contributed by atoms with Crippen molar-refractivity contribution in [2.45, 2.75) is 37.7 Å². The highest BCUT2D eigenvalue weighted by Crippen LogP contribution is 2.31. The lowest BCUT2D eigenvalue weighted by atomic mass is 10.1. The van der Waals surface area contributed by atoms with E-state index in [1.165, 1.54) is 28.6 Å². The van der Waals surface area contributed by atoms with E-state index in [1.54, 1.807) is 13.0 Å². The van der Waals surface area contributed by atoms with Crippen LogP contribution in [0.5, 0.6) is 5.75 Å². The molecule has 0 bridgehead atoms. The van der Waals surface area contributed by atoms with Crippen molar-refractivity contribution >= 4 is 10.0 Å². The molecule has 1 aliphatic heterocycles. The van der Waals surface area contributed by atoms with Crippen molar-refractivity contribution in [2.24, 2.45) is 0 Å². The second kappa shape index (κ2) is 8.16. The number of hydrogen-bond donors (Lipinski definition) is 0. The van der Waals surface area contributed by atoms with Crippen LogP contribution in [0.4, 0.5) is 4.39 Å². The van der Waals surface area contributed by atoms with E-state index in [0.717, 1.165) is 11.1 Å². The Labute approximate surface area is 174 Å². The fourth-order valence-corrected chi connectivity index (χ4v) is 5.26. The molecule has 2 heterocycles. The number of benzene rings is 2. The van der Waals surface area contributed by atoms with Crippen LogP contribution in [-0.4, -0.2) is 36.0 Å². The molecule has 158 valence electrons. The maximum Gasteiger partial charge on any atom is 0.264 e. The first-order chi connectivity index (χ1) is 14.3. The Hall–Kier alpha value is -2.78. The molecule has 0 spiro atoms. The van der Waals surface area contributed by atoms with E-state index in [-0.39, 0.29) is 24.2 Å². The predicted molar refractivity (Wildman–Crippen MR) is 107 cm³/mol. The highest BCUT2D eigenvalue weighted by molar-refractivity contribution is 7.89. The molecule has 0 aliphatic carbocycles. The summed E-state index contributed by atoms with van der Waals surface area (Å²) >= 11 is 0. The van der Waals surface area contributed by atoms with Crippen LogP contribution in [0.15, 0.2) is 51.9 Å². The predicted octanol–water partition coefficient (Wildman–Crippen LogP) is 3.58. The van der Waals surface area contributed by atoms with Crippen LogP contribution < -0.4 is 4.74 Å². The van der Waals surface area contributed by atoms with Crippen LogP contribution in [0.3, 0.4) is 0 Å². The molecule has 9 heteroatoms. The van der Waals surface area contributed by atoms with Gasteiger partial charge in [-0.2, -0.15) is 9.29 Å². The maximum atomic E-state index is 13.1. The number of hydrogen-bond acceptors (Lipinski definition) is 6. The Morgan fingerprint density at radius 2 is 1.97 bits per heavy atom. The molecule has 2 aromatic carbocycles. The van der Waals surface area contributed by atoms with Gasteiger partial charge in [0.25, 0.3) is 5.89 Å². The molecule has 1 aliphatic rings. The van der Waals surface area contributed by atoms with Gasteiger partial charge in [-0.05, 0) is 61.7 Å². The van der Waals surface area contributed by atoms with E-state index in [2.05, 4.69) is 10.1 Å². The number of aryl methyl sites for hydroxylation is 2. The van der Waals surface area contributed by atoms with Crippen molar-refractivity contribution < 1.29 is 22.1 Å². The molecule has 1 atom stereocenters. The average molecular weight is 431 g/mol. The van der Waals surface area contributed by atoms with Crippen LogP contribution in [0.2, 0.25) is 0 Å². The molecular formula is C21H22FN3O4S. The molecule has 1 saturated heterocycles. The molecule has 1 unspecified atom stereocenters. The van der Waals surface area contributed by atoms with Crippen LogP contribution in [0, 0.1) is 19.7 Å². The lowest BCUT2D eigenvalue weighted by Gasteiger charge is -2.18. The lowest BCUT2D eigenvalue weighted by Crippen LogP contribution is -2.29. The van der Waals surface area contributed by atoms with Gasteiger partial charge >= 0.3 is 0 Å². The smallest absolute Gasteiger partial charge is 0.264 e. The van der Waals surface area contributed by atoms with Crippen LogP contribution in [0.1, 0.15) is 35.2 Å². The summed E-state index contributed by atoms with van der Waals surface area (Å²) in [6, 6.07) is 11.1. The molecule has 0 amide bonds.